The van der Waals surface area contributed by atoms with Crippen molar-refractivity contribution in [2.45, 2.75) is 32.0 Å². The molecule has 0 saturated heterocycles. The summed E-state index contributed by atoms with van der Waals surface area (Å²) in [6.45, 7) is 5.91. The summed E-state index contributed by atoms with van der Waals surface area (Å²) >= 11 is 3.58. The van der Waals surface area contributed by atoms with Crippen molar-refractivity contribution in [1.29, 1.82) is 0 Å². The van der Waals surface area contributed by atoms with E-state index in [1.165, 1.54) is 6.07 Å². The zero-order valence-corrected chi connectivity index (χ0v) is 11.2. The van der Waals surface area contributed by atoms with E-state index in [1.807, 2.05) is 0 Å². The van der Waals surface area contributed by atoms with Gasteiger partial charge >= 0.3 is 0 Å². The number of halogens is 1. The van der Waals surface area contributed by atoms with Crippen molar-refractivity contribution in [2.75, 3.05) is 0 Å². The average Bonchev–Trinajstić information content (AvgIpc) is 2.16. The van der Waals surface area contributed by atoms with Gasteiger partial charge in [0.05, 0.1) is 4.92 Å². The summed E-state index contributed by atoms with van der Waals surface area (Å²) in [6, 6.07) is 3.25. The number of hydrogen-bond donors (Lipinski definition) is 0. The van der Waals surface area contributed by atoms with E-state index in [1.54, 1.807) is 13.0 Å². The highest BCUT2D eigenvalue weighted by atomic mass is 79.9. The van der Waals surface area contributed by atoms with Gasteiger partial charge in [-0.15, -0.1) is 0 Å². The molecule has 1 heterocycles. The Hall–Kier alpha value is -0.970. The topological polar surface area (TPSA) is 56.0 Å². The lowest BCUT2D eigenvalue weighted by atomic mass is 10.1. The number of aryl methyl sites for hydroxylation is 1. The van der Waals surface area contributed by atoms with E-state index in [2.05, 4.69) is 34.8 Å². The minimum absolute atomic E-state index is 0.0828. The fourth-order valence-electron chi connectivity index (χ4n) is 1.35. The van der Waals surface area contributed by atoms with Gasteiger partial charge in [0.2, 0.25) is 0 Å². The Morgan fingerprint density at radius 2 is 2.12 bits per heavy atom. The molecule has 1 unspecified atom stereocenters. The van der Waals surface area contributed by atoms with Gasteiger partial charge in [0.1, 0.15) is 5.69 Å². The van der Waals surface area contributed by atoms with Gasteiger partial charge in [0.15, 0.2) is 0 Å². The van der Waals surface area contributed by atoms with Crippen LogP contribution in [0.4, 0.5) is 5.69 Å². The Morgan fingerprint density at radius 3 is 2.56 bits per heavy atom. The van der Waals surface area contributed by atoms with Crippen LogP contribution in [0.1, 0.15) is 25.2 Å². The SMILES string of the molecule is Cc1nc(CC(Br)C(C)C)ccc1[N+](=O)[O-]. The van der Waals surface area contributed by atoms with Crippen molar-refractivity contribution < 1.29 is 4.92 Å². The lowest BCUT2D eigenvalue weighted by Crippen LogP contribution is -2.12. The number of aromatic nitrogens is 1. The van der Waals surface area contributed by atoms with Crippen LogP contribution in [0.2, 0.25) is 0 Å². The van der Waals surface area contributed by atoms with Crippen LogP contribution < -0.4 is 0 Å². The minimum atomic E-state index is -0.403. The van der Waals surface area contributed by atoms with Crippen molar-refractivity contribution in [1.82, 2.24) is 4.98 Å². The zero-order chi connectivity index (χ0) is 12.3. The van der Waals surface area contributed by atoms with E-state index < -0.39 is 4.92 Å². The first-order valence-corrected chi connectivity index (χ1v) is 6.08. The molecule has 0 aliphatic heterocycles. The Labute approximate surface area is 103 Å². The normalized spacial score (nSPS) is 12.8. The van der Waals surface area contributed by atoms with Crippen molar-refractivity contribution in [3.05, 3.63) is 33.6 Å². The van der Waals surface area contributed by atoms with Crippen molar-refractivity contribution in [3.8, 4) is 0 Å². The Bertz CT molecular complexity index is 394. The number of nitrogens with zero attached hydrogens (tertiary/aromatic N) is 2. The first-order valence-electron chi connectivity index (χ1n) is 5.16. The monoisotopic (exact) mass is 286 g/mol. The molecule has 1 rings (SSSR count). The zero-order valence-electron chi connectivity index (χ0n) is 9.61. The van der Waals surface area contributed by atoms with E-state index in [-0.39, 0.29) is 5.69 Å². The van der Waals surface area contributed by atoms with Crippen LogP contribution in [-0.2, 0) is 6.42 Å². The third kappa shape index (κ3) is 3.27. The van der Waals surface area contributed by atoms with E-state index in [0.29, 0.717) is 16.4 Å². The van der Waals surface area contributed by atoms with E-state index in [9.17, 15) is 10.1 Å². The fraction of sp³-hybridized carbons (Fsp3) is 0.545. The highest BCUT2D eigenvalue weighted by Crippen LogP contribution is 2.20. The molecular formula is C11H15BrN2O2. The maximum absolute atomic E-state index is 10.6. The van der Waals surface area contributed by atoms with Crippen LogP contribution in [0.3, 0.4) is 0 Å². The van der Waals surface area contributed by atoms with Crippen molar-refractivity contribution in [2.24, 2.45) is 5.92 Å². The maximum Gasteiger partial charge on any atom is 0.290 e. The first kappa shape index (κ1) is 13.1. The fourth-order valence-corrected chi connectivity index (χ4v) is 1.68. The Balaban J connectivity index is 2.85. The predicted octanol–water partition coefficient (Wildman–Crippen LogP) is 3.26. The van der Waals surface area contributed by atoms with E-state index in [4.69, 9.17) is 0 Å². The molecule has 88 valence electrons. The summed E-state index contributed by atoms with van der Waals surface area (Å²) in [5.41, 5.74) is 1.45. The summed E-state index contributed by atoms with van der Waals surface area (Å²) in [7, 11) is 0. The lowest BCUT2D eigenvalue weighted by Gasteiger charge is -2.13. The van der Waals surface area contributed by atoms with Crippen molar-refractivity contribution in [3.63, 3.8) is 0 Å². The molecule has 0 amide bonds. The Morgan fingerprint density at radius 1 is 1.50 bits per heavy atom. The van der Waals surface area contributed by atoms with Gasteiger partial charge < -0.3 is 0 Å². The molecule has 0 aromatic carbocycles. The minimum Gasteiger partial charge on any atom is -0.258 e. The molecule has 5 heteroatoms. The predicted molar refractivity (Wildman–Crippen MR) is 66.9 cm³/mol. The number of rotatable bonds is 4. The quantitative estimate of drug-likeness (QED) is 0.485. The molecule has 0 aliphatic carbocycles. The third-order valence-electron chi connectivity index (χ3n) is 2.44. The first-order chi connectivity index (χ1) is 7.41. The molecule has 0 radical (unpaired) electrons. The molecule has 1 aromatic heterocycles. The van der Waals surface area contributed by atoms with Crippen LogP contribution in [0.5, 0.6) is 0 Å². The Kier molecular flexibility index (Phi) is 4.41. The molecule has 0 bridgehead atoms. The van der Waals surface area contributed by atoms with Crippen LogP contribution in [0.25, 0.3) is 0 Å². The molecule has 0 N–H and O–H groups in total. The third-order valence-corrected chi connectivity index (χ3v) is 3.82. The molecular weight excluding hydrogens is 272 g/mol. The maximum atomic E-state index is 10.6. The molecule has 4 nitrogen and oxygen atoms in total. The summed E-state index contributed by atoms with van der Waals surface area (Å²) in [5.74, 6) is 0.511. The van der Waals surface area contributed by atoms with Gasteiger partial charge in [0, 0.05) is 23.0 Å². The van der Waals surface area contributed by atoms with Gasteiger partial charge in [-0.25, -0.2) is 0 Å². The summed E-state index contributed by atoms with van der Waals surface area (Å²) < 4.78 is 0. The molecule has 1 atom stereocenters. The summed E-state index contributed by atoms with van der Waals surface area (Å²) in [4.78, 5) is 14.8. The highest BCUT2D eigenvalue weighted by molar-refractivity contribution is 9.09. The van der Waals surface area contributed by atoms with Crippen LogP contribution >= 0.6 is 15.9 Å². The average molecular weight is 287 g/mol. The second-order valence-corrected chi connectivity index (χ2v) is 5.30. The van der Waals surface area contributed by atoms with Gasteiger partial charge in [0.25, 0.3) is 5.69 Å². The lowest BCUT2D eigenvalue weighted by molar-refractivity contribution is -0.385. The highest BCUT2D eigenvalue weighted by Gasteiger charge is 2.15. The molecule has 0 saturated carbocycles. The largest absolute Gasteiger partial charge is 0.290 e. The second-order valence-electron chi connectivity index (χ2n) is 4.13. The van der Waals surface area contributed by atoms with Gasteiger partial charge in [-0.2, -0.15) is 0 Å². The standard InChI is InChI=1S/C11H15BrN2O2/c1-7(2)10(12)6-9-4-5-11(14(15)16)8(3)13-9/h4-5,7,10H,6H2,1-3H3. The molecule has 1 aromatic rings. The molecule has 0 fully saturated rings. The van der Waals surface area contributed by atoms with E-state index >= 15 is 0 Å². The van der Waals surface area contributed by atoms with Crippen LogP contribution in [0.15, 0.2) is 12.1 Å². The van der Waals surface area contributed by atoms with Crippen LogP contribution in [-0.4, -0.2) is 14.7 Å². The molecule has 0 spiro atoms. The summed E-state index contributed by atoms with van der Waals surface area (Å²) in [5, 5.41) is 10.6. The van der Waals surface area contributed by atoms with Crippen LogP contribution in [0, 0.1) is 23.0 Å². The summed E-state index contributed by atoms with van der Waals surface area (Å²) in [6.07, 6.45) is 0.788. The van der Waals surface area contributed by atoms with Gasteiger partial charge in [-0.1, -0.05) is 29.8 Å². The van der Waals surface area contributed by atoms with Gasteiger partial charge in [-0.05, 0) is 18.9 Å². The number of hydrogen-bond acceptors (Lipinski definition) is 3. The smallest absolute Gasteiger partial charge is 0.258 e. The molecule has 16 heavy (non-hydrogen) atoms. The number of pyridine rings is 1. The number of nitro groups is 1. The second kappa shape index (κ2) is 5.39. The molecule has 0 aliphatic rings. The van der Waals surface area contributed by atoms with E-state index in [0.717, 1.165) is 12.1 Å². The van der Waals surface area contributed by atoms with Crippen molar-refractivity contribution >= 4 is 21.6 Å². The van der Waals surface area contributed by atoms with Gasteiger partial charge in [-0.3, -0.25) is 15.1 Å². The number of alkyl halides is 1.